The molecular formula is C21H25FN4O2. The number of aryl methyl sites for hydroxylation is 1. The number of anilines is 1. The highest BCUT2D eigenvalue weighted by atomic mass is 19.1. The van der Waals surface area contributed by atoms with E-state index in [1.165, 1.54) is 0 Å². The van der Waals surface area contributed by atoms with E-state index in [9.17, 15) is 14.3 Å². The molecule has 3 heterocycles. The minimum absolute atomic E-state index is 0.170. The summed E-state index contributed by atoms with van der Waals surface area (Å²) in [6.07, 6.45) is 4.31. The normalized spacial score (nSPS) is 27.1. The molecule has 2 saturated heterocycles. The Labute approximate surface area is 163 Å². The predicted octanol–water partition coefficient (Wildman–Crippen LogP) is 3.75. The van der Waals surface area contributed by atoms with Crippen LogP contribution in [0, 0.1) is 18.7 Å². The Morgan fingerprint density at radius 3 is 2.75 bits per heavy atom. The van der Waals surface area contributed by atoms with Crippen LogP contribution in [0.2, 0.25) is 0 Å². The van der Waals surface area contributed by atoms with E-state index >= 15 is 0 Å². The van der Waals surface area contributed by atoms with Crippen molar-refractivity contribution in [1.82, 2.24) is 14.9 Å². The van der Waals surface area contributed by atoms with Crippen LogP contribution in [0.15, 0.2) is 30.6 Å². The largest absolute Gasteiger partial charge is 0.391 e. The smallest absolute Gasteiger partial charge is 0.322 e. The molecular weight excluding hydrogens is 359 g/mol. The summed E-state index contributed by atoms with van der Waals surface area (Å²) in [6, 6.07) is 5.48. The lowest BCUT2D eigenvalue weighted by Gasteiger charge is -2.64. The number of piperidine rings is 1. The number of fused-ring (bicyclic) bond motifs is 2. The highest BCUT2D eigenvalue weighted by Crippen LogP contribution is 2.51. The molecule has 0 unspecified atom stereocenters. The van der Waals surface area contributed by atoms with Gasteiger partial charge in [-0.2, -0.15) is 0 Å². The summed E-state index contributed by atoms with van der Waals surface area (Å²) in [5.41, 5.74) is 1.82. The Morgan fingerprint density at radius 1 is 1.36 bits per heavy atom. The molecule has 0 spiro atoms. The van der Waals surface area contributed by atoms with Crippen molar-refractivity contribution in [1.29, 1.82) is 0 Å². The SMILES string of the molecule is Cc1ccc(NC(=O)N2[C@H]3C[C@@H](C)C[C@]2([C@@H](C)O)C3)cc1-c1ncc(F)cn1. The fraction of sp³-hybridized carbons (Fsp3) is 0.476. The zero-order chi connectivity index (χ0) is 20.1. The average Bonchev–Trinajstić information content (AvgIpc) is 2.63. The fourth-order valence-electron chi connectivity index (χ4n) is 4.86. The van der Waals surface area contributed by atoms with Gasteiger partial charge in [-0.25, -0.2) is 19.2 Å². The number of hydrogen-bond acceptors (Lipinski definition) is 4. The maximum atomic E-state index is 13.1. The number of nitrogens with one attached hydrogen (secondary N) is 1. The van der Waals surface area contributed by atoms with Crippen molar-refractivity contribution in [2.24, 2.45) is 5.92 Å². The molecule has 4 rings (SSSR count). The van der Waals surface area contributed by atoms with Crippen molar-refractivity contribution < 1.29 is 14.3 Å². The molecule has 2 fully saturated rings. The number of amides is 2. The van der Waals surface area contributed by atoms with Crippen LogP contribution in [0.3, 0.4) is 0 Å². The molecule has 2 aliphatic heterocycles. The van der Waals surface area contributed by atoms with Gasteiger partial charge in [0, 0.05) is 17.3 Å². The number of nitrogens with zero attached hydrogens (tertiary/aromatic N) is 3. The first kappa shape index (κ1) is 18.8. The molecule has 2 aliphatic rings. The van der Waals surface area contributed by atoms with E-state index < -0.39 is 17.5 Å². The van der Waals surface area contributed by atoms with Gasteiger partial charge in [0.15, 0.2) is 11.6 Å². The molecule has 6 nitrogen and oxygen atoms in total. The van der Waals surface area contributed by atoms with E-state index in [0.29, 0.717) is 17.4 Å². The van der Waals surface area contributed by atoms with Gasteiger partial charge in [-0.1, -0.05) is 13.0 Å². The summed E-state index contributed by atoms with van der Waals surface area (Å²) < 4.78 is 13.1. The van der Waals surface area contributed by atoms with Gasteiger partial charge in [-0.3, -0.25) is 0 Å². The van der Waals surface area contributed by atoms with Gasteiger partial charge in [-0.05, 0) is 56.7 Å². The third-order valence-corrected chi connectivity index (χ3v) is 6.16. The van der Waals surface area contributed by atoms with Crippen LogP contribution in [0.4, 0.5) is 14.9 Å². The van der Waals surface area contributed by atoms with Crippen LogP contribution in [0.1, 0.15) is 38.7 Å². The lowest BCUT2D eigenvalue weighted by molar-refractivity contribution is -0.146. The first-order valence-corrected chi connectivity index (χ1v) is 9.67. The molecule has 0 aliphatic carbocycles. The Morgan fingerprint density at radius 2 is 2.07 bits per heavy atom. The maximum absolute atomic E-state index is 13.1. The van der Waals surface area contributed by atoms with E-state index in [1.54, 1.807) is 13.0 Å². The maximum Gasteiger partial charge on any atom is 0.322 e. The third-order valence-electron chi connectivity index (χ3n) is 6.16. The number of benzene rings is 1. The van der Waals surface area contributed by atoms with Crippen LogP contribution in [0.5, 0.6) is 0 Å². The molecule has 2 amide bonds. The Balaban J connectivity index is 1.57. The summed E-state index contributed by atoms with van der Waals surface area (Å²) in [7, 11) is 0. The van der Waals surface area contributed by atoms with E-state index in [2.05, 4.69) is 22.2 Å². The zero-order valence-corrected chi connectivity index (χ0v) is 16.3. The molecule has 2 aromatic rings. The molecule has 4 atom stereocenters. The van der Waals surface area contributed by atoms with Crippen molar-refractivity contribution in [3.8, 4) is 11.4 Å². The van der Waals surface area contributed by atoms with E-state index in [0.717, 1.165) is 42.8 Å². The number of urea groups is 1. The highest BCUT2D eigenvalue weighted by Gasteiger charge is 2.60. The molecule has 7 heteroatoms. The van der Waals surface area contributed by atoms with Gasteiger partial charge >= 0.3 is 6.03 Å². The highest BCUT2D eigenvalue weighted by molar-refractivity contribution is 5.92. The summed E-state index contributed by atoms with van der Waals surface area (Å²) in [4.78, 5) is 22.9. The zero-order valence-electron chi connectivity index (χ0n) is 16.3. The van der Waals surface area contributed by atoms with Crippen LogP contribution >= 0.6 is 0 Å². The molecule has 2 N–H and O–H groups in total. The van der Waals surface area contributed by atoms with E-state index in [4.69, 9.17) is 0 Å². The summed E-state index contributed by atoms with van der Waals surface area (Å²) in [5, 5.41) is 13.3. The third kappa shape index (κ3) is 3.03. The predicted molar refractivity (Wildman–Crippen MR) is 104 cm³/mol. The fourth-order valence-corrected chi connectivity index (χ4v) is 4.86. The van der Waals surface area contributed by atoms with Crippen molar-refractivity contribution in [2.75, 3.05) is 5.32 Å². The van der Waals surface area contributed by atoms with Gasteiger partial charge in [-0.15, -0.1) is 0 Å². The second-order valence-corrected chi connectivity index (χ2v) is 8.24. The lowest BCUT2D eigenvalue weighted by Crippen LogP contribution is -2.76. The second kappa shape index (κ2) is 6.81. The van der Waals surface area contributed by atoms with Crippen LogP contribution in [-0.4, -0.2) is 43.7 Å². The molecule has 28 heavy (non-hydrogen) atoms. The number of hydrogen-bond donors (Lipinski definition) is 2. The van der Waals surface area contributed by atoms with Crippen LogP contribution in [0.25, 0.3) is 11.4 Å². The number of aromatic nitrogens is 2. The number of halogens is 1. The molecule has 148 valence electrons. The van der Waals surface area contributed by atoms with Crippen LogP contribution < -0.4 is 5.32 Å². The molecule has 1 aromatic carbocycles. The minimum Gasteiger partial charge on any atom is -0.391 e. The van der Waals surface area contributed by atoms with Gasteiger partial charge in [0.25, 0.3) is 0 Å². The van der Waals surface area contributed by atoms with Gasteiger partial charge < -0.3 is 15.3 Å². The van der Waals surface area contributed by atoms with Gasteiger partial charge in [0.1, 0.15) is 0 Å². The number of rotatable bonds is 3. The summed E-state index contributed by atoms with van der Waals surface area (Å²) in [6.45, 7) is 5.86. The standard InChI is InChI=1S/C21H25FN4O2/c1-12-6-17-9-21(8-12,14(3)27)26(17)20(28)25-16-5-4-13(2)18(7-16)19-23-10-15(22)11-24-19/h4-5,7,10-12,14,17,27H,6,8-9H2,1-3H3,(H,25,28)/t12-,14-,17+,21-/m1/s1. The minimum atomic E-state index is -0.571. The number of aliphatic hydroxyl groups excluding tert-OH is 1. The Bertz CT molecular complexity index is 902. The molecule has 1 aromatic heterocycles. The monoisotopic (exact) mass is 384 g/mol. The summed E-state index contributed by atoms with van der Waals surface area (Å²) in [5.74, 6) is 0.414. The number of aliphatic hydroxyl groups is 1. The van der Waals surface area contributed by atoms with Crippen molar-refractivity contribution in [3.05, 3.63) is 42.0 Å². The van der Waals surface area contributed by atoms with Crippen molar-refractivity contribution >= 4 is 11.7 Å². The molecule has 0 radical (unpaired) electrons. The summed E-state index contributed by atoms with van der Waals surface area (Å²) >= 11 is 0. The van der Waals surface area contributed by atoms with E-state index in [-0.39, 0.29) is 12.1 Å². The van der Waals surface area contributed by atoms with Crippen molar-refractivity contribution in [3.63, 3.8) is 0 Å². The number of carbonyl (C=O) groups is 1. The topological polar surface area (TPSA) is 78.4 Å². The molecule has 0 saturated carbocycles. The Kier molecular flexibility index (Phi) is 4.57. The number of carbonyl (C=O) groups excluding carboxylic acids is 1. The lowest BCUT2D eigenvalue weighted by atomic mass is 9.62. The van der Waals surface area contributed by atoms with Crippen LogP contribution in [-0.2, 0) is 0 Å². The van der Waals surface area contributed by atoms with Crippen molar-refractivity contribution in [2.45, 2.75) is 57.7 Å². The quantitative estimate of drug-likeness (QED) is 0.845. The Hall–Kier alpha value is -2.54. The van der Waals surface area contributed by atoms with E-state index in [1.807, 2.05) is 24.0 Å². The second-order valence-electron chi connectivity index (χ2n) is 8.24. The first-order chi connectivity index (χ1) is 13.3. The molecule has 2 bridgehead atoms. The average molecular weight is 384 g/mol. The first-order valence-electron chi connectivity index (χ1n) is 9.67. The van der Waals surface area contributed by atoms with Gasteiger partial charge in [0.2, 0.25) is 0 Å². The van der Waals surface area contributed by atoms with Gasteiger partial charge in [0.05, 0.1) is 24.0 Å².